The Balaban J connectivity index is 0.000000396. The molecule has 0 saturated carbocycles. The molecule has 2 atom stereocenters. The van der Waals surface area contributed by atoms with E-state index < -0.39 is 17.6 Å². The van der Waals surface area contributed by atoms with Crippen molar-refractivity contribution in [1.29, 1.82) is 0 Å². The van der Waals surface area contributed by atoms with Crippen LogP contribution < -0.4 is 5.32 Å². The van der Waals surface area contributed by atoms with Crippen molar-refractivity contribution >= 4 is 11.9 Å². The standard InChI is InChI=1S/C16H25N3O4.C2HF3O2/c1-12-9-13(18-23-12)10-19-6-3-14-16(11-19,4-7-22-14)15(20)17-5-8-21-2;3-2(4,5)1(6)7/h9,14H,3-8,10-11H2,1-2H3,(H,17,20);(H,6,7)/t14-,16-;/m1./s1. The number of alkyl halides is 3. The third-order valence-corrected chi connectivity index (χ3v) is 5.05. The van der Waals surface area contributed by atoms with E-state index in [1.54, 1.807) is 7.11 Å². The highest BCUT2D eigenvalue weighted by atomic mass is 19.4. The largest absolute Gasteiger partial charge is 0.490 e. The third kappa shape index (κ3) is 6.16. The van der Waals surface area contributed by atoms with E-state index in [1.807, 2.05) is 13.0 Å². The molecule has 3 rings (SSSR count). The van der Waals surface area contributed by atoms with E-state index >= 15 is 0 Å². The molecule has 1 aromatic rings. The molecule has 0 radical (unpaired) electrons. The van der Waals surface area contributed by atoms with Gasteiger partial charge in [0.2, 0.25) is 5.91 Å². The molecule has 2 aliphatic rings. The summed E-state index contributed by atoms with van der Waals surface area (Å²) in [7, 11) is 1.63. The number of ether oxygens (including phenoxy) is 2. The molecule has 1 amide bonds. The summed E-state index contributed by atoms with van der Waals surface area (Å²) in [6.45, 7) is 5.91. The number of rotatable bonds is 6. The number of aromatic nitrogens is 1. The first-order valence-corrected chi connectivity index (χ1v) is 9.42. The zero-order chi connectivity index (χ0) is 22.4. The van der Waals surface area contributed by atoms with Crippen LogP contribution in [0.2, 0.25) is 0 Å². The van der Waals surface area contributed by atoms with E-state index in [-0.39, 0.29) is 12.0 Å². The van der Waals surface area contributed by atoms with E-state index in [2.05, 4.69) is 15.4 Å². The summed E-state index contributed by atoms with van der Waals surface area (Å²) < 4.78 is 47.7. The minimum absolute atomic E-state index is 0.0142. The Bertz CT molecular complexity index is 726. The molecule has 30 heavy (non-hydrogen) atoms. The number of amides is 1. The lowest BCUT2D eigenvalue weighted by Gasteiger charge is -2.42. The number of carboxylic acids is 1. The molecule has 0 bridgehead atoms. The molecular weight excluding hydrogens is 411 g/mol. The van der Waals surface area contributed by atoms with Gasteiger partial charge in [-0.3, -0.25) is 9.69 Å². The SMILES string of the molecule is COCCNC(=O)[C@@]12CCO[C@@H]1CCN(Cc1cc(C)on1)C2.O=C(O)C(F)(F)F. The number of nitrogens with one attached hydrogen (secondary N) is 1. The van der Waals surface area contributed by atoms with Gasteiger partial charge in [0.25, 0.3) is 0 Å². The van der Waals surface area contributed by atoms with Crippen molar-refractivity contribution in [3.8, 4) is 0 Å². The Morgan fingerprint density at radius 3 is 2.73 bits per heavy atom. The Labute approximate surface area is 171 Å². The van der Waals surface area contributed by atoms with Crippen molar-refractivity contribution in [3.63, 3.8) is 0 Å². The van der Waals surface area contributed by atoms with E-state index in [1.165, 1.54) is 0 Å². The number of hydrogen-bond donors (Lipinski definition) is 2. The number of methoxy groups -OCH3 is 1. The Morgan fingerprint density at radius 2 is 2.17 bits per heavy atom. The maximum absolute atomic E-state index is 12.8. The average molecular weight is 437 g/mol. The van der Waals surface area contributed by atoms with Gasteiger partial charge in [0.1, 0.15) is 5.76 Å². The van der Waals surface area contributed by atoms with Gasteiger partial charge in [-0.15, -0.1) is 0 Å². The number of aryl methyl sites for hydroxylation is 1. The number of halogens is 3. The summed E-state index contributed by atoms with van der Waals surface area (Å²) in [6.07, 6.45) is -3.43. The highest BCUT2D eigenvalue weighted by Crippen LogP contribution is 2.41. The fourth-order valence-electron chi connectivity index (χ4n) is 3.65. The summed E-state index contributed by atoms with van der Waals surface area (Å²) in [4.78, 5) is 23.9. The number of aliphatic carboxylic acids is 1. The summed E-state index contributed by atoms with van der Waals surface area (Å²) in [5.74, 6) is -1.86. The predicted molar refractivity (Wildman–Crippen MR) is 96.5 cm³/mol. The van der Waals surface area contributed by atoms with Crippen molar-refractivity contribution in [3.05, 3.63) is 17.5 Å². The van der Waals surface area contributed by atoms with Gasteiger partial charge in [0, 0.05) is 46.0 Å². The molecule has 2 fully saturated rings. The topological polar surface area (TPSA) is 114 Å². The number of piperidine rings is 1. The molecule has 9 nitrogen and oxygen atoms in total. The lowest BCUT2D eigenvalue weighted by Crippen LogP contribution is -2.57. The number of likely N-dealkylation sites (tertiary alicyclic amines) is 1. The highest BCUT2D eigenvalue weighted by molar-refractivity contribution is 5.84. The maximum atomic E-state index is 12.8. The molecule has 0 aliphatic carbocycles. The van der Waals surface area contributed by atoms with Crippen LogP contribution in [0.4, 0.5) is 13.2 Å². The first kappa shape index (κ1) is 24.1. The Morgan fingerprint density at radius 1 is 1.47 bits per heavy atom. The maximum Gasteiger partial charge on any atom is 0.490 e. The van der Waals surface area contributed by atoms with Gasteiger partial charge in [-0.2, -0.15) is 13.2 Å². The molecule has 2 N–H and O–H groups in total. The summed E-state index contributed by atoms with van der Waals surface area (Å²) >= 11 is 0. The lowest BCUT2D eigenvalue weighted by molar-refractivity contribution is -0.192. The van der Waals surface area contributed by atoms with Gasteiger partial charge in [0.05, 0.1) is 23.8 Å². The third-order valence-electron chi connectivity index (χ3n) is 5.05. The number of carbonyl (C=O) groups is 2. The van der Waals surface area contributed by atoms with E-state index in [4.69, 9.17) is 23.9 Å². The van der Waals surface area contributed by atoms with Gasteiger partial charge in [-0.25, -0.2) is 4.79 Å². The quantitative estimate of drug-likeness (QED) is 0.642. The van der Waals surface area contributed by atoms with Crippen LogP contribution in [0.5, 0.6) is 0 Å². The molecule has 0 unspecified atom stereocenters. The van der Waals surface area contributed by atoms with Crippen molar-refractivity contribution < 1.29 is 41.9 Å². The lowest BCUT2D eigenvalue weighted by atomic mass is 9.75. The van der Waals surface area contributed by atoms with Gasteiger partial charge >= 0.3 is 12.1 Å². The smallest absolute Gasteiger partial charge is 0.475 e. The molecule has 2 saturated heterocycles. The minimum Gasteiger partial charge on any atom is -0.475 e. The zero-order valence-corrected chi connectivity index (χ0v) is 16.8. The van der Waals surface area contributed by atoms with Crippen molar-refractivity contribution in [2.24, 2.45) is 5.41 Å². The zero-order valence-electron chi connectivity index (χ0n) is 16.8. The normalized spacial score (nSPS) is 24.0. The molecule has 170 valence electrons. The van der Waals surface area contributed by atoms with Gasteiger partial charge in [-0.1, -0.05) is 5.16 Å². The molecule has 12 heteroatoms. The van der Waals surface area contributed by atoms with Gasteiger partial charge in [-0.05, 0) is 19.8 Å². The molecule has 3 heterocycles. The fraction of sp³-hybridized carbons (Fsp3) is 0.722. The first-order valence-electron chi connectivity index (χ1n) is 9.42. The number of fused-ring (bicyclic) bond motifs is 1. The number of carbonyl (C=O) groups excluding carboxylic acids is 1. The van der Waals surface area contributed by atoms with Gasteiger partial charge < -0.3 is 24.4 Å². The Kier molecular flexibility index (Phi) is 8.21. The second-order valence-corrected chi connectivity index (χ2v) is 7.25. The van der Waals surface area contributed by atoms with Crippen LogP contribution in [0.3, 0.4) is 0 Å². The molecule has 1 aromatic heterocycles. The van der Waals surface area contributed by atoms with E-state index in [9.17, 15) is 18.0 Å². The van der Waals surface area contributed by atoms with Crippen LogP contribution in [0.25, 0.3) is 0 Å². The molecule has 2 aliphatic heterocycles. The summed E-state index contributed by atoms with van der Waals surface area (Å²) in [5, 5.41) is 14.2. The Hall–Kier alpha value is -2.18. The summed E-state index contributed by atoms with van der Waals surface area (Å²) in [5.41, 5.74) is 0.458. The highest BCUT2D eigenvalue weighted by Gasteiger charge is 2.53. The van der Waals surface area contributed by atoms with Crippen LogP contribution in [0, 0.1) is 12.3 Å². The van der Waals surface area contributed by atoms with E-state index in [0.29, 0.717) is 32.8 Å². The second kappa shape index (κ2) is 10.2. The van der Waals surface area contributed by atoms with Crippen LogP contribution in [-0.2, 0) is 25.6 Å². The predicted octanol–water partition coefficient (Wildman–Crippen LogP) is 1.36. The van der Waals surface area contributed by atoms with E-state index in [0.717, 1.165) is 30.8 Å². The van der Waals surface area contributed by atoms with Crippen LogP contribution >= 0.6 is 0 Å². The summed E-state index contributed by atoms with van der Waals surface area (Å²) in [6, 6.07) is 1.95. The van der Waals surface area contributed by atoms with Crippen molar-refractivity contribution in [1.82, 2.24) is 15.4 Å². The molecule has 0 spiro atoms. The van der Waals surface area contributed by atoms with Gasteiger partial charge in [0.15, 0.2) is 0 Å². The number of hydrogen-bond acceptors (Lipinski definition) is 7. The van der Waals surface area contributed by atoms with Crippen LogP contribution in [-0.4, -0.2) is 79.3 Å². The first-order chi connectivity index (χ1) is 14.1. The second-order valence-electron chi connectivity index (χ2n) is 7.25. The molecular formula is C18H26F3N3O6. The van der Waals surface area contributed by atoms with Crippen LogP contribution in [0.15, 0.2) is 10.6 Å². The number of nitrogens with zero attached hydrogens (tertiary/aromatic N) is 2. The monoisotopic (exact) mass is 437 g/mol. The minimum atomic E-state index is -5.08. The van der Waals surface area contributed by atoms with Crippen LogP contribution in [0.1, 0.15) is 24.3 Å². The number of carboxylic acid groups (broad SMARTS) is 1. The van der Waals surface area contributed by atoms with Crippen molar-refractivity contribution in [2.75, 3.05) is 40.0 Å². The average Bonchev–Trinajstić information content (AvgIpc) is 3.28. The van der Waals surface area contributed by atoms with Crippen molar-refractivity contribution in [2.45, 2.75) is 38.6 Å². The fourth-order valence-corrected chi connectivity index (χ4v) is 3.65. The molecule has 0 aromatic carbocycles.